The first-order valence-electron chi connectivity index (χ1n) is 14.5. The number of anilines is 2. The minimum atomic E-state index is -4.67. The van der Waals surface area contributed by atoms with E-state index in [4.69, 9.17) is 0 Å². The molecular formula is C31H42F3N5O4S. The number of alkyl halides is 3. The third-order valence-corrected chi connectivity index (χ3v) is 9.59. The lowest BCUT2D eigenvalue weighted by molar-refractivity contribution is -0.136. The molecule has 3 N–H and O–H groups in total. The highest BCUT2D eigenvalue weighted by Gasteiger charge is 2.35. The minimum absolute atomic E-state index is 0. The predicted molar refractivity (Wildman–Crippen MR) is 169 cm³/mol. The third-order valence-electron chi connectivity index (χ3n) is 7.68. The van der Waals surface area contributed by atoms with Crippen LogP contribution in [0.4, 0.5) is 29.3 Å². The predicted octanol–water partition coefficient (Wildman–Crippen LogP) is 6.56. The summed E-state index contributed by atoms with van der Waals surface area (Å²) >= 11 is 0. The van der Waals surface area contributed by atoms with E-state index in [1.807, 2.05) is 20.8 Å². The molecule has 3 aromatic rings. The zero-order valence-corrected chi connectivity index (χ0v) is 25.3. The fraction of sp³-hybridized carbons (Fsp3) is 0.484. The van der Waals surface area contributed by atoms with Gasteiger partial charge in [0.2, 0.25) is 15.6 Å². The first-order chi connectivity index (χ1) is 20.3. The quantitative estimate of drug-likeness (QED) is 0.220. The van der Waals surface area contributed by atoms with E-state index in [1.54, 1.807) is 18.2 Å². The van der Waals surface area contributed by atoms with Crippen LogP contribution < -0.4 is 21.1 Å². The molecular weight excluding hydrogens is 595 g/mol. The van der Waals surface area contributed by atoms with E-state index in [1.165, 1.54) is 28.6 Å². The van der Waals surface area contributed by atoms with Gasteiger partial charge >= 0.3 is 12.2 Å². The molecule has 2 amide bonds. The Morgan fingerprint density at radius 3 is 2.32 bits per heavy atom. The molecule has 0 saturated carbocycles. The zero-order valence-electron chi connectivity index (χ0n) is 24.5. The number of nitrogens with one attached hydrogen (secondary N) is 3. The summed E-state index contributed by atoms with van der Waals surface area (Å²) in [6.45, 7) is 7.06. The fourth-order valence-corrected chi connectivity index (χ4v) is 7.32. The van der Waals surface area contributed by atoms with Crippen LogP contribution in [0.2, 0.25) is 0 Å². The normalized spacial score (nSPS) is 17.1. The second-order valence-electron chi connectivity index (χ2n) is 10.9. The van der Waals surface area contributed by atoms with Gasteiger partial charge in [0.1, 0.15) is 0 Å². The van der Waals surface area contributed by atoms with Gasteiger partial charge in [0.25, 0.3) is 0 Å². The molecule has 2 atom stereocenters. The summed E-state index contributed by atoms with van der Waals surface area (Å²) in [5.41, 5.74) is -0.596. The van der Waals surface area contributed by atoms with Crippen molar-refractivity contribution in [2.24, 2.45) is 0 Å². The van der Waals surface area contributed by atoms with Crippen LogP contribution in [0.1, 0.15) is 65.9 Å². The van der Waals surface area contributed by atoms with Crippen molar-refractivity contribution in [2.75, 3.05) is 29.9 Å². The summed E-state index contributed by atoms with van der Waals surface area (Å²) in [5, 5.41) is 5.46. The van der Waals surface area contributed by atoms with Gasteiger partial charge in [-0.25, -0.2) is 13.2 Å². The van der Waals surface area contributed by atoms with Gasteiger partial charge in [-0.05, 0) is 81.5 Å². The standard InChI is InChI=1S/C30H38F3N5O4S.CH4/c1-4-16-37(17-5-2)43(41,42)24-11-7-21(8-12-24)35-29(40)34-15-14-22-9-6-20(3)38(22)23-10-13-27-25(18-23)26(30(31,32)33)19-28(39)36-27;/h7-8,10-13,18-20,22H,4-6,9,14-17H2,1-3H3,(H,36,39)(H2,34,35,40);1H4/t20-,22-;/m1./s1. The Bertz CT molecular complexity index is 1590. The summed E-state index contributed by atoms with van der Waals surface area (Å²) < 4.78 is 68.4. The first-order valence-corrected chi connectivity index (χ1v) is 16.0. The summed E-state index contributed by atoms with van der Waals surface area (Å²) in [4.78, 5) is 29.1. The van der Waals surface area contributed by atoms with E-state index < -0.39 is 33.4 Å². The molecule has 1 aliphatic rings. The number of aromatic nitrogens is 1. The topological polar surface area (TPSA) is 115 Å². The average molecular weight is 638 g/mol. The number of urea groups is 1. The number of fused-ring (bicyclic) bond motifs is 1. The van der Waals surface area contributed by atoms with Crippen LogP contribution in [0.3, 0.4) is 0 Å². The SMILES string of the molecule is C.CCCN(CCC)S(=O)(=O)c1ccc(NC(=O)NCC[C@H]2CC[C@@H](C)N2c2ccc3[nH]c(=O)cc(C(F)(F)F)c3c2)cc1. The van der Waals surface area contributed by atoms with Crippen LogP contribution in [0, 0.1) is 0 Å². The van der Waals surface area contributed by atoms with Gasteiger partial charge in [-0.3, -0.25) is 4.79 Å². The number of hydrogen-bond donors (Lipinski definition) is 3. The minimum Gasteiger partial charge on any atom is -0.366 e. The Kier molecular flexibility index (Phi) is 11.5. The van der Waals surface area contributed by atoms with Crippen molar-refractivity contribution in [1.29, 1.82) is 0 Å². The van der Waals surface area contributed by atoms with Crippen LogP contribution in [0.5, 0.6) is 0 Å². The van der Waals surface area contributed by atoms with Crippen LogP contribution in [-0.2, 0) is 16.2 Å². The van der Waals surface area contributed by atoms with E-state index >= 15 is 0 Å². The lowest BCUT2D eigenvalue weighted by atomic mass is 10.1. The van der Waals surface area contributed by atoms with E-state index in [0.717, 1.165) is 12.8 Å². The molecule has 1 aliphatic heterocycles. The van der Waals surface area contributed by atoms with Crippen molar-refractivity contribution >= 4 is 38.3 Å². The van der Waals surface area contributed by atoms with Crippen molar-refractivity contribution in [2.45, 2.75) is 83.5 Å². The maximum atomic E-state index is 13.7. The van der Waals surface area contributed by atoms with Crippen LogP contribution in [0.25, 0.3) is 10.9 Å². The molecule has 1 saturated heterocycles. The average Bonchev–Trinajstić information content (AvgIpc) is 3.31. The number of amides is 2. The molecule has 2 aromatic carbocycles. The number of carbonyl (C=O) groups is 1. The van der Waals surface area contributed by atoms with Gasteiger partial charge in [0, 0.05) is 60.1 Å². The summed E-state index contributed by atoms with van der Waals surface area (Å²) in [7, 11) is -3.62. The Morgan fingerprint density at radius 1 is 1.05 bits per heavy atom. The van der Waals surface area contributed by atoms with Gasteiger partial charge in [0.15, 0.2) is 0 Å². The summed E-state index contributed by atoms with van der Waals surface area (Å²) in [5.74, 6) is 0. The molecule has 13 heteroatoms. The summed E-state index contributed by atoms with van der Waals surface area (Å²) in [6, 6.07) is 10.9. The number of aromatic amines is 1. The number of carbonyl (C=O) groups excluding carboxylic acids is 1. The number of rotatable bonds is 11. The second kappa shape index (κ2) is 14.5. The molecule has 0 aliphatic carbocycles. The Labute approximate surface area is 256 Å². The van der Waals surface area contributed by atoms with Crippen LogP contribution in [0.15, 0.2) is 58.2 Å². The highest BCUT2D eigenvalue weighted by molar-refractivity contribution is 7.89. The van der Waals surface area contributed by atoms with Crippen molar-refractivity contribution in [3.05, 3.63) is 64.4 Å². The lowest BCUT2D eigenvalue weighted by Crippen LogP contribution is -2.38. The number of H-pyrrole nitrogens is 1. The molecule has 1 aromatic heterocycles. The zero-order chi connectivity index (χ0) is 31.4. The Morgan fingerprint density at radius 2 is 1.70 bits per heavy atom. The van der Waals surface area contributed by atoms with E-state index in [9.17, 15) is 31.2 Å². The number of hydrogen-bond acceptors (Lipinski definition) is 5. The van der Waals surface area contributed by atoms with Crippen molar-refractivity contribution in [3.63, 3.8) is 0 Å². The van der Waals surface area contributed by atoms with Crippen molar-refractivity contribution in [1.82, 2.24) is 14.6 Å². The van der Waals surface area contributed by atoms with Crippen molar-refractivity contribution < 1.29 is 26.4 Å². The van der Waals surface area contributed by atoms with E-state index in [0.29, 0.717) is 56.3 Å². The van der Waals surface area contributed by atoms with Gasteiger partial charge < -0.3 is 20.5 Å². The smallest absolute Gasteiger partial charge is 0.366 e. The van der Waals surface area contributed by atoms with Gasteiger partial charge in [0.05, 0.1) is 10.5 Å². The largest absolute Gasteiger partial charge is 0.417 e. The fourth-order valence-electron chi connectivity index (χ4n) is 5.70. The first kappa shape index (κ1) is 34.9. The highest BCUT2D eigenvalue weighted by atomic mass is 32.2. The molecule has 44 heavy (non-hydrogen) atoms. The number of halogens is 3. The van der Waals surface area contributed by atoms with Gasteiger partial charge in [-0.2, -0.15) is 17.5 Å². The molecule has 242 valence electrons. The Balaban J connectivity index is 0.00000529. The number of benzene rings is 2. The maximum absolute atomic E-state index is 13.7. The molecule has 0 radical (unpaired) electrons. The molecule has 9 nitrogen and oxygen atoms in total. The van der Waals surface area contributed by atoms with E-state index in [2.05, 4.69) is 20.5 Å². The van der Waals surface area contributed by atoms with Gasteiger partial charge in [-0.15, -0.1) is 0 Å². The second-order valence-corrected chi connectivity index (χ2v) is 12.8. The molecule has 4 rings (SSSR count). The van der Waals surface area contributed by atoms with Gasteiger partial charge in [-0.1, -0.05) is 21.3 Å². The summed E-state index contributed by atoms with van der Waals surface area (Å²) in [6.07, 6.45) is -1.04. The maximum Gasteiger partial charge on any atom is 0.417 e. The molecule has 0 spiro atoms. The molecule has 2 heterocycles. The third kappa shape index (κ3) is 7.92. The number of pyridine rings is 1. The molecule has 1 fully saturated rings. The van der Waals surface area contributed by atoms with Crippen LogP contribution >= 0.6 is 0 Å². The number of sulfonamides is 1. The highest BCUT2D eigenvalue weighted by Crippen LogP contribution is 2.37. The molecule has 0 unspecified atom stereocenters. The lowest BCUT2D eigenvalue weighted by Gasteiger charge is -2.31. The monoisotopic (exact) mass is 637 g/mol. The van der Waals surface area contributed by atoms with Crippen LogP contribution in [-0.4, -0.2) is 55.5 Å². The Hall–Kier alpha value is -3.58. The van der Waals surface area contributed by atoms with Crippen molar-refractivity contribution in [3.8, 4) is 0 Å². The number of nitrogens with zero attached hydrogens (tertiary/aromatic N) is 2. The molecule has 0 bridgehead atoms. The van der Waals surface area contributed by atoms with E-state index in [-0.39, 0.29) is 35.3 Å².